The highest BCUT2D eigenvalue weighted by atomic mass is 35.5. The lowest BCUT2D eigenvalue weighted by Crippen LogP contribution is -2.44. The van der Waals surface area contributed by atoms with Gasteiger partial charge in [0.05, 0.1) is 22.7 Å². The molecule has 0 spiro atoms. The van der Waals surface area contributed by atoms with Gasteiger partial charge in [0.2, 0.25) is 0 Å². The highest BCUT2D eigenvalue weighted by molar-refractivity contribution is 6.33. The van der Waals surface area contributed by atoms with Crippen LogP contribution in [-0.2, 0) is 0 Å². The number of nitrogens with zero attached hydrogens (tertiary/aromatic N) is 3. The quantitative estimate of drug-likeness (QED) is 0.634. The largest absolute Gasteiger partial charge is 0.490 e. The maximum Gasteiger partial charge on any atom is 0.312 e. The molecule has 0 bridgehead atoms. The van der Waals surface area contributed by atoms with Gasteiger partial charge in [0.15, 0.2) is 5.75 Å². The van der Waals surface area contributed by atoms with Crippen LogP contribution in [0.3, 0.4) is 0 Å². The van der Waals surface area contributed by atoms with E-state index < -0.39 is 4.92 Å². The minimum atomic E-state index is -0.488. The molecule has 21 heavy (non-hydrogen) atoms. The molecule has 1 fully saturated rings. The van der Waals surface area contributed by atoms with E-state index in [0.717, 1.165) is 31.9 Å². The predicted octanol–water partition coefficient (Wildman–Crippen LogP) is 3.03. The number of nitro benzene ring substituents is 1. The second-order valence-corrected chi connectivity index (χ2v) is 4.93. The maximum atomic E-state index is 10.9. The minimum absolute atomic E-state index is 0.106. The Balaban J connectivity index is 0.00000106. The zero-order chi connectivity index (χ0) is 16.0. The zero-order valence-electron chi connectivity index (χ0n) is 12.9. The van der Waals surface area contributed by atoms with E-state index in [2.05, 4.69) is 16.8 Å². The predicted molar refractivity (Wildman–Crippen MR) is 85.7 cm³/mol. The van der Waals surface area contributed by atoms with Gasteiger partial charge < -0.3 is 14.5 Å². The Morgan fingerprint density at radius 3 is 2.29 bits per heavy atom. The third-order valence-corrected chi connectivity index (χ3v) is 3.59. The van der Waals surface area contributed by atoms with Crippen LogP contribution in [0.15, 0.2) is 12.1 Å². The van der Waals surface area contributed by atoms with Crippen molar-refractivity contribution in [1.29, 1.82) is 0 Å². The molecule has 1 aromatic rings. The molecule has 118 valence electrons. The molecule has 1 aromatic carbocycles. The van der Waals surface area contributed by atoms with Crippen molar-refractivity contribution in [3.63, 3.8) is 0 Å². The van der Waals surface area contributed by atoms with Crippen LogP contribution in [0.5, 0.6) is 5.75 Å². The van der Waals surface area contributed by atoms with Crippen LogP contribution in [-0.4, -0.2) is 50.2 Å². The van der Waals surface area contributed by atoms with E-state index in [-0.39, 0.29) is 11.4 Å². The Hall–Kier alpha value is -1.53. The van der Waals surface area contributed by atoms with Gasteiger partial charge >= 0.3 is 5.69 Å². The summed E-state index contributed by atoms with van der Waals surface area (Å²) >= 11 is 6.16. The summed E-state index contributed by atoms with van der Waals surface area (Å²) in [4.78, 5) is 14.8. The second kappa shape index (κ2) is 8.05. The molecule has 1 saturated heterocycles. The summed E-state index contributed by atoms with van der Waals surface area (Å²) in [6.45, 7) is 7.57. The second-order valence-electron chi connectivity index (χ2n) is 4.52. The number of ether oxygens (including phenoxy) is 1. The highest BCUT2D eigenvalue weighted by Crippen LogP contribution is 2.37. The molecule has 0 radical (unpaired) electrons. The van der Waals surface area contributed by atoms with Crippen LogP contribution in [0, 0.1) is 10.1 Å². The lowest BCUT2D eigenvalue weighted by molar-refractivity contribution is -0.385. The summed E-state index contributed by atoms with van der Waals surface area (Å²) in [5.74, 6) is 0.239. The summed E-state index contributed by atoms with van der Waals surface area (Å²) in [5, 5.41) is 11.3. The Bertz CT molecular complexity index is 489. The number of methoxy groups -OCH3 is 1. The molecule has 1 heterocycles. The van der Waals surface area contributed by atoms with E-state index in [4.69, 9.17) is 16.3 Å². The Morgan fingerprint density at radius 1 is 1.24 bits per heavy atom. The molecule has 0 saturated carbocycles. The molecular weight excluding hydrogens is 294 g/mol. The van der Waals surface area contributed by atoms with Gasteiger partial charge in [-0.1, -0.05) is 25.4 Å². The van der Waals surface area contributed by atoms with Crippen LogP contribution in [0.1, 0.15) is 13.8 Å². The molecule has 0 atom stereocenters. The Morgan fingerprint density at radius 2 is 1.81 bits per heavy atom. The third kappa shape index (κ3) is 4.22. The van der Waals surface area contributed by atoms with Crippen molar-refractivity contribution < 1.29 is 9.66 Å². The van der Waals surface area contributed by atoms with Crippen molar-refractivity contribution in [2.24, 2.45) is 0 Å². The van der Waals surface area contributed by atoms with Crippen molar-refractivity contribution in [1.82, 2.24) is 4.90 Å². The standard InChI is InChI=1S/C12H16ClN3O3.C2H6/c1-14-3-5-15(6-4-14)10-8-12(19-2)11(16(17)18)7-9(10)13;1-2/h7-8H,3-6H2,1-2H3;1-2H3. The highest BCUT2D eigenvalue weighted by Gasteiger charge is 2.22. The van der Waals surface area contributed by atoms with Gasteiger partial charge in [0.25, 0.3) is 0 Å². The molecule has 7 heteroatoms. The molecule has 0 aliphatic carbocycles. The fourth-order valence-corrected chi connectivity index (χ4v) is 2.41. The molecular formula is C14H22ClN3O3. The van der Waals surface area contributed by atoms with Crippen molar-refractivity contribution in [3.05, 3.63) is 27.3 Å². The summed E-state index contributed by atoms with van der Waals surface area (Å²) in [6.07, 6.45) is 0. The molecule has 1 aliphatic heterocycles. The third-order valence-electron chi connectivity index (χ3n) is 3.29. The number of likely N-dealkylation sites (N-methyl/N-ethyl adjacent to an activating group) is 1. The molecule has 2 rings (SSSR count). The van der Waals surface area contributed by atoms with Crippen molar-refractivity contribution in [3.8, 4) is 5.75 Å². The van der Waals surface area contributed by atoms with Gasteiger partial charge in [-0.3, -0.25) is 10.1 Å². The molecule has 0 N–H and O–H groups in total. The number of nitro groups is 1. The number of hydrogen-bond donors (Lipinski definition) is 0. The van der Waals surface area contributed by atoms with Gasteiger partial charge in [0, 0.05) is 38.3 Å². The number of piperazine rings is 1. The number of halogens is 1. The fraction of sp³-hybridized carbons (Fsp3) is 0.571. The smallest absolute Gasteiger partial charge is 0.312 e. The van der Waals surface area contributed by atoms with Gasteiger partial charge in [-0.2, -0.15) is 0 Å². The Labute approximate surface area is 130 Å². The topological polar surface area (TPSA) is 58.8 Å². The van der Waals surface area contributed by atoms with E-state index in [1.54, 1.807) is 6.07 Å². The van der Waals surface area contributed by atoms with E-state index in [9.17, 15) is 10.1 Å². The van der Waals surface area contributed by atoms with Crippen LogP contribution in [0.25, 0.3) is 0 Å². The summed E-state index contributed by atoms with van der Waals surface area (Å²) in [7, 11) is 3.49. The average Bonchev–Trinajstić information content (AvgIpc) is 2.50. The first-order valence-corrected chi connectivity index (χ1v) is 7.36. The van der Waals surface area contributed by atoms with Crippen LogP contribution in [0.2, 0.25) is 5.02 Å². The lowest BCUT2D eigenvalue weighted by atomic mass is 10.2. The summed E-state index contributed by atoms with van der Waals surface area (Å²) in [5.41, 5.74) is 0.683. The van der Waals surface area contributed by atoms with Gasteiger partial charge in [0.1, 0.15) is 0 Å². The number of benzene rings is 1. The monoisotopic (exact) mass is 315 g/mol. The van der Waals surface area contributed by atoms with Gasteiger partial charge in [-0.15, -0.1) is 0 Å². The molecule has 0 unspecified atom stereocenters. The van der Waals surface area contributed by atoms with Crippen LogP contribution < -0.4 is 9.64 Å². The molecule has 6 nitrogen and oxygen atoms in total. The molecule has 1 aliphatic rings. The van der Waals surface area contributed by atoms with Crippen LogP contribution in [0.4, 0.5) is 11.4 Å². The number of rotatable bonds is 3. The van der Waals surface area contributed by atoms with E-state index in [1.165, 1.54) is 13.2 Å². The van der Waals surface area contributed by atoms with Crippen molar-refractivity contribution >= 4 is 23.0 Å². The molecule has 0 amide bonds. The number of hydrogen-bond acceptors (Lipinski definition) is 5. The summed E-state index contributed by atoms with van der Waals surface area (Å²) in [6, 6.07) is 3.00. The summed E-state index contributed by atoms with van der Waals surface area (Å²) < 4.78 is 5.08. The average molecular weight is 316 g/mol. The van der Waals surface area contributed by atoms with Crippen LogP contribution >= 0.6 is 11.6 Å². The first kappa shape index (κ1) is 17.5. The minimum Gasteiger partial charge on any atom is -0.490 e. The van der Waals surface area contributed by atoms with Gasteiger partial charge in [-0.05, 0) is 7.05 Å². The van der Waals surface area contributed by atoms with E-state index in [1.807, 2.05) is 13.8 Å². The first-order chi connectivity index (χ1) is 10.0. The Kier molecular flexibility index (Phi) is 6.71. The van der Waals surface area contributed by atoms with Crippen molar-refractivity contribution in [2.75, 3.05) is 45.2 Å². The maximum absolute atomic E-state index is 10.9. The fourth-order valence-electron chi connectivity index (χ4n) is 2.13. The van der Waals surface area contributed by atoms with E-state index in [0.29, 0.717) is 5.02 Å². The SMILES string of the molecule is CC.COc1cc(N2CCN(C)CC2)c(Cl)cc1[N+](=O)[O-]. The van der Waals surface area contributed by atoms with E-state index >= 15 is 0 Å². The number of anilines is 1. The zero-order valence-corrected chi connectivity index (χ0v) is 13.7. The molecule has 0 aromatic heterocycles. The van der Waals surface area contributed by atoms with Gasteiger partial charge in [-0.25, -0.2) is 0 Å². The normalized spacial score (nSPS) is 15.2. The van der Waals surface area contributed by atoms with Crippen molar-refractivity contribution in [2.45, 2.75) is 13.8 Å². The lowest BCUT2D eigenvalue weighted by Gasteiger charge is -2.34. The first-order valence-electron chi connectivity index (χ1n) is 6.98.